The van der Waals surface area contributed by atoms with Crippen LogP contribution in [0.3, 0.4) is 0 Å². The normalized spacial score (nSPS) is 11.9. The van der Waals surface area contributed by atoms with Gasteiger partial charge in [0.25, 0.3) is 0 Å². The molecule has 3 aromatic heterocycles. The third-order valence-electron chi connectivity index (χ3n) is 7.14. The van der Waals surface area contributed by atoms with Gasteiger partial charge in [0.1, 0.15) is 12.7 Å². The SMILES string of the molecule is c1ccc(-n2c3ccc4c5ccccc5n(-c5ncncn5)c4c3c3ccc4ccccc4c32)cc1. The molecular formula is C31H19N5. The Hall–Kier alpha value is -5.03. The first-order chi connectivity index (χ1) is 17.9. The molecule has 0 fully saturated rings. The van der Waals surface area contributed by atoms with Gasteiger partial charge in [0.2, 0.25) is 5.95 Å². The fourth-order valence-electron chi connectivity index (χ4n) is 5.72. The van der Waals surface area contributed by atoms with Gasteiger partial charge in [-0.25, -0.2) is 15.0 Å². The molecule has 0 aliphatic rings. The zero-order valence-electron chi connectivity index (χ0n) is 19.2. The Labute approximate surface area is 205 Å². The number of hydrogen-bond acceptors (Lipinski definition) is 3. The third-order valence-corrected chi connectivity index (χ3v) is 7.14. The molecule has 0 unspecified atom stereocenters. The highest BCUT2D eigenvalue weighted by Gasteiger charge is 2.22. The van der Waals surface area contributed by atoms with Crippen LogP contribution in [0.5, 0.6) is 0 Å². The first-order valence-corrected chi connectivity index (χ1v) is 12.0. The molecule has 5 nitrogen and oxygen atoms in total. The highest BCUT2D eigenvalue weighted by Crippen LogP contribution is 2.43. The van der Waals surface area contributed by atoms with E-state index in [9.17, 15) is 0 Å². The fraction of sp³-hybridized carbons (Fsp3) is 0. The molecule has 3 heterocycles. The lowest BCUT2D eigenvalue weighted by Crippen LogP contribution is -2.01. The van der Waals surface area contributed by atoms with Crippen molar-refractivity contribution in [3.05, 3.63) is 116 Å². The molecule has 0 spiro atoms. The van der Waals surface area contributed by atoms with Gasteiger partial charge < -0.3 is 4.57 Å². The Kier molecular flexibility index (Phi) is 3.88. The van der Waals surface area contributed by atoms with Gasteiger partial charge in [-0.15, -0.1) is 0 Å². The van der Waals surface area contributed by atoms with E-state index in [1.165, 1.54) is 37.8 Å². The molecule has 0 radical (unpaired) electrons. The van der Waals surface area contributed by atoms with Crippen LogP contribution in [-0.4, -0.2) is 24.1 Å². The number of hydrogen-bond donors (Lipinski definition) is 0. The van der Waals surface area contributed by atoms with E-state index in [2.05, 4.69) is 127 Å². The second-order valence-electron chi connectivity index (χ2n) is 9.00. The second kappa shape index (κ2) is 7.23. The van der Waals surface area contributed by atoms with E-state index in [-0.39, 0.29) is 0 Å². The minimum atomic E-state index is 0.616. The van der Waals surface area contributed by atoms with Gasteiger partial charge in [0.05, 0.1) is 22.1 Å². The molecule has 0 aliphatic carbocycles. The maximum absolute atomic E-state index is 4.56. The van der Waals surface area contributed by atoms with Crippen molar-refractivity contribution < 1.29 is 0 Å². The quantitative estimate of drug-likeness (QED) is 0.273. The minimum Gasteiger partial charge on any atom is -0.309 e. The monoisotopic (exact) mass is 461 g/mol. The minimum absolute atomic E-state index is 0.616. The van der Waals surface area contributed by atoms with Gasteiger partial charge in [-0.2, -0.15) is 0 Å². The molecule has 0 bridgehead atoms. The van der Waals surface area contributed by atoms with Crippen LogP contribution in [-0.2, 0) is 0 Å². The molecule has 0 saturated heterocycles. The van der Waals surface area contributed by atoms with Crippen LogP contribution in [0, 0.1) is 0 Å². The number of nitrogens with zero attached hydrogens (tertiary/aromatic N) is 5. The summed E-state index contributed by atoms with van der Waals surface area (Å²) in [5.41, 5.74) is 5.67. The smallest absolute Gasteiger partial charge is 0.237 e. The summed E-state index contributed by atoms with van der Waals surface area (Å²) in [5.74, 6) is 0.616. The van der Waals surface area contributed by atoms with E-state index < -0.39 is 0 Å². The highest BCUT2D eigenvalue weighted by atomic mass is 15.2. The summed E-state index contributed by atoms with van der Waals surface area (Å²) in [6.07, 6.45) is 3.12. The average molecular weight is 462 g/mol. The molecule has 8 rings (SSSR count). The van der Waals surface area contributed by atoms with Crippen LogP contribution in [0.15, 0.2) is 116 Å². The van der Waals surface area contributed by atoms with Gasteiger partial charge in [-0.05, 0) is 29.7 Å². The molecule has 168 valence electrons. The van der Waals surface area contributed by atoms with Crippen LogP contribution in [0.25, 0.3) is 66.0 Å². The maximum atomic E-state index is 4.56. The lowest BCUT2D eigenvalue weighted by molar-refractivity contribution is 0.941. The van der Waals surface area contributed by atoms with Crippen molar-refractivity contribution in [3.8, 4) is 11.6 Å². The Balaban J connectivity index is 1.69. The van der Waals surface area contributed by atoms with Crippen molar-refractivity contribution in [2.75, 3.05) is 0 Å². The predicted molar refractivity (Wildman–Crippen MR) is 146 cm³/mol. The second-order valence-corrected chi connectivity index (χ2v) is 9.00. The van der Waals surface area contributed by atoms with Crippen LogP contribution in [0.4, 0.5) is 0 Å². The first-order valence-electron chi connectivity index (χ1n) is 12.0. The van der Waals surface area contributed by atoms with Crippen molar-refractivity contribution >= 4 is 54.4 Å². The average Bonchev–Trinajstić information content (AvgIpc) is 3.47. The summed E-state index contributed by atoms with van der Waals surface area (Å²) < 4.78 is 4.57. The number of benzene rings is 5. The van der Waals surface area contributed by atoms with Crippen LogP contribution in [0.2, 0.25) is 0 Å². The van der Waals surface area contributed by atoms with Gasteiger partial charge in [-0.3, -0.25) is 4.57 Å². The summed E-state index contributed by atoms with van der Waals surface area (Å²) in [4.78, 5) is 13.2. The molecule has 5 aromatic carbocycles. The summed E-state index contributed by atoms with van der Waals surface area (Å²) in [7, 11) is 0. The lowest BCUT2D eigenvalue weighted by Gasteiger charge is -2.09. The van der Waals surface area contributed by atoms with E-state index in [0.717, 1.165) is 22.2 Å². The van der Waals surface area contributed by atoms with Crippen molar-refractivity contribution in [2.45, 2.75) is 0 Å². The topological polar surface area (TPSA) is 48.5 Å². The predicted octanol–water partition coefficient (Wildman–Crippen LogP) is 7.22. The molecule has 0 atom stereocenters. The number of aromatic nitrogens is 5. The lowest BCUT2D eigenvalue weighted by atomic mass is 10.0. The Morgan fingerprint density at radius 3 is 2.06 bits per heavy atom. The molecular weight excluding hydrogens is 442 g/mol. The van der Waals surface area contributed by atoms with E-state index >= 15 is 0 Å². The highest BCUT2D eigenvalue weighted by molar-refractivity contribution is 6.29. The van der Waals surface area contributed by atoms with E-state index in [1.54, 1.807) is 12.7 Å². The van der Waals surface area contributed by atoms with Crippen LogP contribution < -0.4 is 0 Å². The Bertz CT molecular complexity index is 2090. The van der Waals surface area contributed by atoms with Crippen molar-refractivity contribution in [3.63, 3.8) is 0 Å². The summed E-state index contributed by atoms with van der Waals surface area (Å²) in [6.45, 7) is 0. The molecule has 0 N–H and O–H groups in total. The fourth-order valence-corrected chi connectivity index (χ4v) is 5.72. The summed E-state index contributed by atoms with van der Waals surface area (Å²) in [6, 6.07) is 36.6. The molecule has 8 aromatic rings. The van der Waals surface area contributed by atoms with Crippen molar-refractivity contribution in [1.29, 1.82) is 0 Å². The summed E-state index contributed by atoms with van der Waals surface area (Å²) >= 11 is 0. The molecule has 0 aliphatic heterocycles. The van der Waals surface area contributed by atoms with Gasteiger partial charge >= 0.3 is 0 Å². The van der Waals surface area contributed by atoms with E-state index in [4.69, 9.17) is 0 Å². The largest absolute Gasteiger partial charge is 0.309 e. The molecule has 0 amide bonds. The van der Waals surface area contributed by atoms with E-state index in [0.29, 0.717) is 5.95 Å². The molecule has 0 saturated carbocycles. The Morgan fingerprint density at radius 1 is 0.472 bits per heavy atom. The maximum Gasteiger partial charge on any atom is 0.237 e. The van der Waals surface area contributed by atoms with Gasteiger partial charge in [0, 0.05) is 32.6 Å². The van der Waals surface area contributed by atoms with Gasteiger partial charge in [0.15, 0.2) is 0 Å². The standard InChI is InChI=1S/C31H19N5/c1-2-9-21(10-3-1)35-27-17-16-24-23-12-6-7-13-26(23)36(31-33-18-32-19-34-31)30(24)28(27)25-15-14-20-8-4-5-11-22(20)29(25)35/h1-19H. The zero-order valence-corrected chi connectivity index (χ0v) is 19.2. The number of fused-ring (bicyclic) bond motifs is 9. The van der Waals surface area contributed by atoms with Crippen molar-refractivity contribution in [2.24, 2.45) is 0 Å². The van der Waals surface area contributed by atoms with E-state index in [1.807, 2.05) is 0 Å². The third kappa shape index (κ3) is 2.51. The Morgan fingerprint density at radius 2 is 1.19 bits per heavy atom. The van der Waals surface area contributed by atoms with Crippen LogP contribution in [0.1, 0.15) is 0 Å². The zero-order chi connectivity index (χ0) is 23.6. The number of rotatable bonds is 2. The molecule has 36 heavy (non-hydrogen) atoms. The van der Waals surface area contributed by atoms with Crippen molar-refractivity contribution in [1.82, 2.24) is 24.1 Å². The van der Waals surface area contributed by atoms with Crippen LogP contribution >= 0.6 is 0 Å². The molecule has 5 heteroatoms. The van der Waals surface area contributed by atoms with Gasteiger partial charge in [-0.1, -0.05) is 78.9 Å². The first kappa shape index (κ1) is 19.3. The number of para-hydroxylation sites is 2. The summed E-state index contributed by atoms with van der Waals surface area (Å²) in [5, 5.41) is 7.20.